The molecule has 1 aromatic heterocycles. The number of nitrogens with one attached hydrogen (secondary N) is 2. The highest BCUT2D eigenvalue weighted by Gasteiger charge is 2.21. The zero-order valence-electron chi connectivity index (χ0n) is 11.7. The van der Waals surface area contributed by atoms with Gasteiger partial charge in [-0.3, -0.25) is 9.78 Å². The van der Waals surface area contributed by atoms with E-state index in [-0.39, 0.29) is 5.91 Å². The number of carbonyl (C=O) groups is 1. The number of carbonyl (C=O) groups excluding carboxylic acids is 1. The van der Waals surface area contributed by atoms with Crippen LogP contribution in [-0.4, -0.2) is 16.9 Å². The normalized spacial score (nSPS) is 13.8. The summed E-state index contributed by atoms with van der Waals surface area (Å²) in [6.07, 6.45) is 4.01. The first-order chi connectivity index (χ1) is 10.1. The summed E-state index contributed by atoms with van der Waals surface area (Å²) in [6, 6.07) is 9.61. The van der Waals surface area contributed by atoms with Crippen LogP contribution < -0.4 is 10.6 Å². The molecule has 0 unspecified atom stereocenters. The number of halogens is 1. The van der Waals surface area contributed by atoms with Gasteiger partial charge in [-0.1, -0.05) is 17.7 Å². The maximum atomic E-state index is 12.2. The zero-order valence-corrected chi connectivity index (χ0v) is 12.4. The fraction of sp³-hybridized carbons (Fsp3) is 0.250. The minimum atomic E-state index is -0.241. The summed E-state index contributed by atoms with van der Waals surface area (Å²) in [5.74, 6) is -0.241. The number of hydrogen-bond acceptors (Lipinski definition) is 3. The molecular formula is C16H16ClN3O. The predicted molar refractivity (Wildman–Crippen MR) is 85.0 cm³/mol. The van der Waals surface area contributed by atoms with Crippen LogP contribution in [0.5, 0.6) is 0 Å². The monoisotopic (exact) mass is 301 g/mol. The second kappa shape index (κ2) is 5.74. The van der Waals surface area contributed by atoms with Gasteiger partial charge >= 0.3 is 0 Å². The van der Waals surface area contributed by atoms with E-state index in [1.807, 2.05) is 25.1 Å². The van der Waals surface area contributed by atoms with Gasteiger partial charge in [-0.15, -0.1) is 0 Å². The third-order valence-corrected chi connectivity index (χ3v) is 3.78. The van der Waals surface area contributed by atoms with Crippen LogP contribution in [-0.2, 0) is 0 Å². The molecule has 1 amide bonds. The highest BCUT2D eigenvalue weighted by atomic mass is 35.5. The Bertz CT molecular complexity index is 683. The van der Waals surface area contributed by atoms with Crippen LogP contribution in [0, 0.1) is 6.92 Å². The van der Waals surface area contributed by atoms with Gasteiger partial charge in [0.2, 0.25) is 0 Å². The van der Waals surface area contributed by atoms with Crippen molar-refractivity contribution in [3.05, 3.63) is 52.8 Å². The fourth-order valence-electron chi connectivity index (χ4n) is 1.97. The largest absolute Gasteiger partial charge is 0.382 e. The first kappa shape index (κ1) is 13.9. The Hall–Kier alpha value is -2.07. The molecule has 3 rings (SSSR count). The Morgan fingerprint density at radius 3 is 2.76 bits per heavy atom. The summed E-state index contributed by atoms with van der Waals surface area (Å²) >= 11 is 6.06. The first-order valence-electron chi connectivity index (χ1n) is 6.92. The Balaban J connectivity index is 1.73. The maximum absolute atomic E-state index is 12.2. The first-order valence-corrected chi connectivity index (χ1v) is 7.30. The van der Waals surface area contributed by atoms with Crippen LogP contribution >= 0.6 is 11.6 Å². The Morgan fingerprint density at radius 1 is 1.24 bits per heavy atom. The number of aryl methyl sites for hydroxylation is 1. The molecule has 1 aromatic carbocycles. The van der Waals surface area contributed by atoms with Crippen LogP contribution in [0.2, 0.25) is 5.02 Å². The van der Waals surface area contributed by atoms with Crippen molar-refractivity contribution in [1.29, 1.82) is 0 Å². The summed E-state index contributed by atoms with van der Waals surface area (Å²) < 4.78 is 0. The number of rotatable bonds is 4. The van der Waals surface area contributed by atoms with E-state index >= 15 is 0 Å². The van der Waals surface area contributed by atoms with Gasteiger partial charge in [-0.2, -0.15) is 0 Å². The molecule has 0 saturated heterocycles. The molecule has 108 valence electrons. The van der Waals surface area contributed by atoms with Crippen molar-refractivity contribution in [3.8, 4) is 0 Å². The van der Waals surface area contributed by atoms with Crippen molar-refractivity contribution < 1.29 is 4.79 Å². The quantitative estimate of drug-likeness (QED) is 0.901. The molecule has 1 aliphatic carbocycles. The molecule has 0 radical (unpaired) electrons. The van der Waals surface area contributed by atoms with Gasteiger partial charge in [0.25, 0.3) is 5.91 Å². The number of amides is 1. The average Bonchev–Trinajstić information content (AvgIpc) is 3.27. The number of aromatic nitrogens is 1. The zero-order chi connectivity index (χ0) is 14.8. The molecule has 0 atom stereocenters. The van der Waals surface area contributed by atoms with Crippen molar-refractivity contribution >= 4 is 28.9 Å². The lowest BCUT2D eigenvalue weighted by Crippen LogP contribution is -2.14. The summed E-state index contributed by atoms with van der Waals surface area (Å²) in [7, 11) is 0. The predicted octanol–water partition coefficient (Wildman–Crippen LogP) is 3.87. The van der Waals surface area contributed by atoms with Crippen molar-refractivity contribution in [2.24, 2.45) is 0 Å². The maximum Gasteiger partial charge on any atom is 0.274 e. The van der Waals surface area contributed by atoms with E-state index in [4.69, 9.17) is 11.6 Å². The fourth-order valence-corrected chi connectivity index (χ4v) is 2.15. The van der Waals surface area contributed by atoms with E-state index in [1.54, 1.807) is 18.3 Å². The highest BCUT2D eigenvalue weighted by molar-refractivity contribution is 6.31. The molecule has 21 heavy (non-hydrogen) atoms. The third-order valence-electron chi connectivity index (χ3n) is 3.37. The van der Waals surface area contributed by atoms with Crippen molar-refractivity contribution in [3.63, 3.8) is 0 Å². The van der Waals surface area contributed by atoms with Crippen molar-refractivity contribution in [1.82, 2.24) is 4.98 Å². The Labute approximate surface area is 128 Å². The van der Waals surface area contributed by atoms with Crippen LogP contribution in [0.3, 0.4) is 0 Å². The van der Waals surface area contributed by atoms with Gasteiger partial charge in [-0.05, 0) is 49.6 Å². The summed E-state index contributed by atoms with van der Waals surface area (Å²) in [6.45, 7) is 1.92. The molecule has 4 nitrogen and oxygen atoms in total. The lowest BCUT2D eigenvalue weighted by molar-refractivity contribution is 0.102. The summed E-state index contributed by atoms with van der Waals surface area (Å²) in [5, 5.41) is 6.79. The smallest absolute Gasteiger partial charge is 0.274 e. The second-order valence-electron chi connectivity index (χ2n) is 5.27. The molecule has 1 fully saturated rings. The third kappa shape index (κ3) is 3.52. The molecule has 0 aliphatic heterocycles. The van der Waals surface area contributed by atoms with E-state index in [0.29, 0.717) is 22.4 Å². The van der Waals surface area contributed by atoms with Gasteiger partial charge in [0.1, 0.15) is 5.69 Å². The van der Waals surface area contributed by atoms with Gasteiger partial charge < -0.3 is 10.6 Å². The van der Waals surface area contributed by atoms with Crippen LogP contribution in [0.15, 0.2) is 36.5 Å². The minimum Gasteiger partial charge on any atom is -0.382 e. The van der Waals surface area contributed by atoms with E-state index in [1.165, 1.54) is 12.8 Å². The van der Waals surface area contributed by atoms with Gasteiger partial charge in [0, 0.05) is 28.6 Å². The SMILES string of the molecule is Cc1ccc(NC(=O)c2cc(NC3CC3)ccn2)cc1Cl. The average molecular weight is 302 g/mol. The van der Waals surface area contributed by atoms with E-state index < -0.39 is 0 Å². The van der Waals surface area contributed by atoms with Crippen molar-refractivity contribution in [2.75, 3.05) is 10.6 Å². The number of pyridine rings is 1. The minimum absolute atomic E-state index is 0.241. The van der Waals surface area contributed by atoms with E-state index in [0.717, 1.165) is 11.3 Å². The van der Waals surface area contributed by atoms with E-state index in [2.05, 4.69) is 15.6 Å². The second-order valence-corrected chi connectivity index (χ2v) is 5.67. The Kier molecular flexibility index (Phi) is 3.80. The van der Waals surface area contributed by atoms with Crippen LogP contribution in [0.4, 0.5) is 11.4 Å². The highest BCUT2D eigenvalue weighted by Crippen LogP contribution is 2.25. The molecule has 2 aromatic rings. The van der Waals surface area contributed by atoms with Gasteiger partial charge in [0.15, 0.2) is 0 Å². The topological polar surface area (TPSA) is 54.0 Å². The standard InChI is InChI=1S/C16H16ClN3O/c1-10-2-3-12(8-14(10)17)20-16(21)15-9-13(6-7-18-15)19-11-4-5-11/h2-3,6-9,11H,4-5H2,1H3,(H,18,19)(H,20,21). The number of nitrogens with zero attached hydrogens (tertiary/aromatic N) is 1. The van der Waals surface area contributed by atoms with Crippen molar-refractivity contribution in [2.45, 2.75) is 25.8 Å². The number of anilines is 2. The lowest BCUT2D eigenvalue weighted by Gasteiger charge is -2.08. The molecule has 1 saturated carbocycles. The molecular weight excluding hydrogens is 286 g/mol. The molecule has 2 N–H and O–H groups in total. The molecule has 1 heterocycles. The Morgan fingerprint density at radius 2 is 2.05 bits per heavy atom. The van der Waals surface area contributed by atoms with Crippen LogP contribution in [0.1, 0.15) is 28.9 Å². The summed E-state index contributed by atoms with van der Waals surface area (Å²) in [5.41, 5.74) is 2.96. The number of benzene rings is 1. The van der Waals surface area contributed by atoms with Crippen LogP contribution in [0.25, 0.3) is 0 Å². The molecule has 5 heteroatoms. The van der Waals surface area contributed by atoms with Gasteiger partial charge in [0.05, 0.1) is 0 Å². The molecule has 0 bridgehead atoms. The number of hydrogen-bond donors (Lipinski definition) is 2. The molecule has 0 spiro atoms. The molecule has 1 aliphatic rings. The van der Waals surface area contributed by atoms with Gasteiger partial charge in [-0.25, -0.2) is 0 Å². The lowest BCUT2D eigenvalue weighted by atomic mass is 10.2. The van der Waals surface area contributed by atoms with E-state index in [9.17, 15) is 4.79 Å². The summed E-state index contributed by atoms with van der Waals surface area (Å²) in [4.78, 5) is 16.3.